The van der Waals surface area contributed by atoms with Gasteiger partial charge in [-0.25, -0.2) is 0 Å². The van der Waals surface area contributed by atoms with E-state index in [0.29, 0.717) is 53.1 Å². The van der Waals surface area contributed by atoms with Crippen LogP contribution in [0.2, 0.25) is 0 Å². The first kappa shape index (κ1) is 26.4. The summed E-state index contributed by atoms with van der Waals surface area (Å²) in [5, 5.41) is 9.82. The van der Waals surface area contributed by atoms with Crippen molar-refractivity contribution in [3.63, 3.8) is 0 Å². The van der Waals surface area contributed by atoms with Crippen molar-refractivity contribution in [3.05, 3.63) is 31.9 Å². The molecule has 8 nitrogen and oxygen atoms in total. The lowest BCUT2D eigenvalue weighted by molar-refractivity contribution is -0.122. The molecule has 0 spiro atoms. The van der Waals surface area contributed by atoms with Crippen LogP contribution in [0, 0.1) is 18.3 Å². The number of aromatic nitrogens is 1. The molecule has 3 rings (SSSR count). The zero-order chi connectivity index (χ0) is 25.0. The monoisotopic (exact) mass is 504 g/mol. The number of pyridine rings is 1. The van der Waals surface area contributed by atoms with E-state index in [0.717, 1.165) is 18.7 Å². The molecule has 0 aromatic carbocycles. The van der Waals surface area contributed by atoms with E-state index in [1.807, 2.05) is 13.8 Å². The summed E-state index contributed by atoms with van der Waals surface area (Å²) in [5.74, 6) is 0.546. The van der Waals surface area contributed by atoms with Gasteiger partial charge in [-0.05, 0) is 38.8 Å². The van der Waals surface area contributed by atoms with Crippen LogP contribution in [0.15, 0.2) is 9.70 Å². The van der Waals surface area contributed by atoms with Crippen molar-refractivity contribution < 1.29 is 14.3 Å². The smallest absolute Gasteiger partial charge is 0.270 e. The summed E-state index contributed by atoms with van der Waals surface area (Å²) in [6, 6.07) is 2.10. The second-order valence-corrected chi connectivity index (χ2v) is 10.3. The van der Waals surface area contributed by atoms with E-state index in [4.69, 9.17) is 21.7 Å². The Morgan fingerprint density at radius 1 is 1.26 bits per heavy atom. The molecule has 2 unspecified atom stereocenters. The molecule has 0 N–H and O–H groups in total. The van der Waals surface area contributed by atoms with E-state index in [9.17, 15) is 14.9 Å². The molecule has 34 heavy (non-hydrogen) atoms. The lowest BCUT2D eigenvalue weighted by Crippen LogP contribution is -2.48. The van der Waals surface area contributed by atoms with Crippen LogP contribution in [-0.2, 0) is 20.8 Å². The molecule has 1 amide bonds. The molecule has 2 fully saturated rings. The van der Waals surface area contributed by atoms with E-state index in [-0.39, 0.29) is 29.2 Å². The van der Waals surface area contributed by atoms with Gasteiger partial charge in [0.25, 0.3) is 11.5 Å². The number of amides is 1. The molecule has 0 saturated carbocycles. The predicted octanol–water partition coefficient (Wildman–Crippen LogP) is 3.29. The number of hydrogen-bond donors (Lipinski definition) is 0. The molecule has 10 heteroatoms. The Balaban J connectivity index is 2.22. The molecule has 1 aromatic rings. The number of carbonyl (C=O) groups excluding carboxylic acids is 1. The molecule has 2 atom stereocenters. The van der Waals surface area contributed by atoms with Crippen LogP contribution < -0.4 is 10.5 Å². The molecule has 0 radical (unpaired) electrons. The van der Waals surface area contributed by atoms with Gasteiger partial charge in [0.05, 0.1) is 30.3 Å². The minimum absolute atomic E-state index is 0.0190. The summed E-state index contributed by atoms with van der Waals surface area (Å²) in [5.41, 5.74) is 1.10. The van der Waals surface area contributed by atoms with E-state index < -0.39 is 0 Å². The molecule has 3 heterocycles. The van der Waals surface area contributed by atoms with Crippen LogP contribution in [0.1, 0.15) is 50.3 Å². The van der Waals surface area contributed by atoms with Gasteiger partial charge in [0, 0.05) is 32.3 Å². The number of morpholine rings is 1. The Morgan fingerprint density at radius 3 is 2.53 bits per heavy atom. The largest absolute Gasteiger partial charge is 0.383 e. The second kappa shape index (κ2) is 11.5. The Labute approximate surface area is 210 Å². The number of carbonyl (C=O) groups is 1. The molecular formula is C24H32N4O4S2. The molecule has 184 valence electrons. The summed E-state index contributed by atoms with van der Waals surface area (Å²) >= 11 is 6.67. The molecular weight excluding hydrogens is 472 g/mol. The number of anilines is 1. The third-order valence-electron chi connectivity index (χ3n) is 5.97. The summed E-state index contributed by atoms with van der Waals surface area (Å²) in [6.07, 6.45) is 3.47. The first-order valence-electron chi connectivity index (χ1n) is 11.6. The maximum Gasteiger partial charge on any atom is 0.270 e. The van der Waals surface area contributed by atoms with Crippen molar-refractivity contribution >= 4 is 46.1 Å². The number of nitriles is 1. The van der Waals surface area contributed by atoms with Crippen LogP contribution >= 0.6 is 24.0 Å². The van der Waals surface area contributed by atoms with Crippen LogP contribution in [0.3, 0.4) is 0 Å². The van der Waals surface area contributed by atoms with Crippen molar-refractivity contribution in [3.8, 4) is 6.07 Å². The number of ether oxygens (including phenoxy) is 2. The molecule has 0 aliphatic carbocycles. The zero-order valence-electron chi connectivity index (χ0n) is 20.4. The fourth-order valence-electron chi connectivity index (χ4n) is 4.37. The fourth-order valence-corrected chi connectivity index (χ4v) is 5.66. The van der Waals surface area contributed by atoms with Crippen molar-refractivity contribution in [2.75, 3.05) is 38.3 Å². The second-order valence-electron chi connectivity index (χ2n) is 8.65. The van der Waals surface area contributed by atoms with Gasteiger partial charge in [0.2, 0.25) is 0 Å². The van der Waals surface area contributed by atoms with Crippen molar-refractivity contribution in [2.24, 2.45) is 0 Å². The number of thioether (sulfide) groups is 1. The first-order valence-corrected chi connectivity index (χ1v) is 12.8. The van der Waals surface area contributed by atoms with Gasteiger partial charge in [-0.1, -0.05) is 37.3 Å². The maximum absolute atomic E-state index is 13.4. The lowest BCUT2D eigenvalue weighted by atomic mass is 10.0. The van der Waals surface area contributed by atoms with Crippen LogP contribution in [-0.4, -0.2) is 65.3 Å². The number of thiocarbonyl (C=S) groups is 1. The van der Waals surface area contributed by atoms with E-state index >= 15 is 0 Å². The highest BCUT2D eigenvalue weighted by Crippen LogP contribution is 2.36. The first-order chi connectivity index (χ1) is 16.2. The Morgan fingerprint density at radius 2 is 1.94 bits per heavy atom. The Bertz CT molecular complexity index is 1080. The van der Waals surface area contributed by atoms with Gasteiger partial charge in [-0.15, -0.1) is 0 Å². The van der Waals surface area contributed by atoms with Crippen LogP contribution in [0.5, 0.6) is 0 Å². The summed E-state index contributed by atoms with van der Waals surface area (Å²) in [7, 11) is 1.58. The third kappa shape index (κ3) is 5.38. The third-order valence-corrected chi connectivity index (χ3v) is 7.35. The summed E-state index contributed by atoms with van der Waals surface area (Å²) < 4.78 is 13.2. The average Bonchev–Trinajstić information content (AvgIpc) is 3.05. The Kier molecular flexibility index (Phi) is 8.93. The lowest BCUT2D eigenvalue weighted by Gasteiger charge is -2.39. The molecule has 0 bridgehead atoms. The quantitative estimate of drug-likeness (QED) is 0.394. The van der Waals surface area contributed by atoms with Gasteiger partial charge in [0.1, 0.15) is 21.8 Å². The highest BCUT2D eigenvalue weighted by Gasteiger charge is 2.34. The number of rotatable bonds is 8. The summed E-state index contributed by atoms with van der Waals surface area (Å²) in [6.45, 7) is 10.3. The SMILES string of the molecule is CCCCn1c(N2CC(C)OC(C)C2)c(/C=C2/SC(=S)N(CCOC)C2=O)c(C)c(C#N)c1=O. The van der Waals surface area contributed by atoms with Crippen LogP contribution in [0.4, 0.5) is 5.82 Å². The topological polar surface area (TPSA) is 87.8 Å². The number of unbranched alkanes of at least 4 members (excludes halogenated alkanes) is 1. The number of nitrogens with zero attached hydrogens (tertiary/aromatic N) is 4. The standard InChI is InChI=1S/C24H32N4O4S2/c1-6-7-8-27-21(26-13-15(2)32-16(3)14-26)18(17(4)19(12-25)22(27)29)11-20-23(30)28(9-10-31-5)24(33)34-20/h11,15-16H,6-10,13-14H2,1-5H3/b20-11+. The minimum Gasteiger partial charge on any atom is -0.383 e. The highest BCUT2D eigenvalue weighted by atomic mass is 32.2. The van der Waals surface area contributed by atoms with E-state index in [1.165, 1.54) is 16.7 Å². The maximum atomic E-state index is 13.4. The molecule has 2 aliphatic rings. The molecule has 2 aliphatic heterocycles. The minimum atomic E-state index is -0.292. The number of hydrogen-bond acceptors (Lipinski definition) is 8. The van der Waals surface area contributed by atoms with E-state index in [1.54, 1.807) is 24.7 Å². The molecule has 2 saturated heterocycles. The van der Waals surface area contributed by atoms with Gasteiger partial charge >= 0.3 is 0 Å². The van der Waals surface area contributed by atoms with Crippen molar-refractivity contribution in [1.29, 1.82) is 5.26 Å². The highest BCUT2D eigenvalue weighted by molar-refractivity contribution is 8.26. The van der Waals surface area contributed by atoms with Crippen molar-refractivity contribution in [2.45, 2.75) is 59.3 Å². The number of methoxy groups -OCH3 is 1. The van der Waals surface area contributed by atoms with Gasteiger partial charge in [0.15, 0.2) is 0 Å². The fraction of sp³-hybridized carbons (Fsp3) is 0.583. The van der Waals surface area contributed by atoms with Crippen LogP contribution in [0.25, 0.3) is 6.08 Å². The van der Waals surface area contributed by atoms with Crippen molar-refractivity contribution in [1.82, 2.24) is 9.47 Å². The van der Waals surface area contributed by atoms with E-state index in [2.05, 4.69) is 17.9 Å². The summed E-state index contributed by atoms with van der Waals surface area (Å²) in [4.78, 5) is 30.7. The average molecular weight is 505 g/mol. The van der Waals surface area contributed by atoms with Gasteiger partial charge in [-0.3, -0.25) is 19.1 Å². The molecule has 1 aromatic heterocycles. The van der Waals surface area contributed by atoms with Gasteiger partial charge < -0.3 is 14.4 Å². The van der Waals surface area contributed by atoms with Gasteiger partial charge in [-0.2, -0.15) is 5.26 Å². The predicted molar refractivity (Wildman–Crippen MR) is 139 cm³/mol. The zero-order valence-corrected chi connectivity index (χ0v) is 22.1. The Hall–Kier alpha value is -2.19. The normalized spacial score (nSPS) is 22.1.